The molecule has 0 saturated heterocycles. The van der Waals surface area contributed by atoms with E-state index in [1.165, 1.54) is 64.3 Å². The molecule has 0 aliphatic heterocycles. The molecule has 19 heavy (non-hydrogen) atoms. The van der Waals surface area contributed by atoms with Crippen LogP contribution in [-0.4, -0.2) is 37.1 Å². The monoisotopic (exact) mass is 266 g/mol. The van der Waals surface area contributed by atoms with Crippen molar-refractivity contribution in [1.29, 1.82) is 0 Å². The highest BCUT2D eigenvalue weighted by atomic mass is 15.2. The Hall–Kier alpha value is -0.0800. The van der Waals surface area contributed by atoms with Gasteiger partial charge in [0, 0.05) is 18.1 Å². The number of rotatable bonds is 4. The summed E-state index contributed by atoms with van der Waals surface area (Å²) in [5, 5.41) is 3.91. The summed E-state index contributed by atoms with van der Waals surface area (Å²) >= 11 is 0. The van der Waals surface area contributed by atoms with Crippen LogP contribution in [0.5, 0.6) is 0 Å². The molecule has 2 rings (SSSR count). The molecule has 0 amide bonds. The largest absolute Gasteiger partial charge is 0.312 e. The van der Waals surface area contributed by atoms with Gasteiger partial charge in [-0.15, -0.1) is 0 Å². The smallest absolute Gasteiger partial charge is 0.0327 e. The summed E-state index contributed by atoms with van der Waals surface area (Å²) in [6.45, 7) is 6.04. The second-order valence-electron chi connectivity index (χ2n) is 8.00. The Labute approximate surface area is 120 Å². The predicted molar refractivity (Wildman–Crippen MR) is 83.5 cm³/mol. The molecule has 2 saturated carbocycles. The molecule has 2 heteroatoms. The lowest BCUT2D eigenvalue weighted by molar-refractivity contribution is 0.0891. The highest BCUT2D eigenvalue weighted by molar-refractivity contribution is 4.94. The molecule has 0 aromatic heterocycles. The van der Waals surface area contributed by atoms with E-state index in [0.29, 0.717) is 11.0 Å². The maximum Gasteiger partial charge on any atom is 0.0327 e. The van der Waals surface area contributed by atoms with Crippen LogP contribution >= 0.6 is 0 Å². The fourth-order valence-electron chi connectivity index (χ4n) is 3.93. The Morgan fingerprint density at radius 1 is 0.947 bits per heavy atom. The van der Waals surface area contributed by atoms with Gasteiger partial charge in [-0.1, -0.05) is 33.1 Å². The van der Waals surface area contributed by atoms with Gasteiger partial charge >= 0.3 is 0 Å². The first-order valence-electron chi connectivity index (χ1n) is 8.34. The lowest BCUT2D eigenvalue weighted by atomic mass is 9.75. The molecule has 0 atom stereocenters. The van der Waals surface area contributed by atoms with Crippen molar-refractivity contribution in [3.05, 3.63) is 0 Å². The Balaban J connectivity index is 1.83. The van der Waals surface area contributed by atoms with Crippen molar-refractivity contribution in [2.75, 3.05) is 20.6 Å². The van der Waals surface area contributed by atoms with Crippen LogP contribution in [0.25, 0.3) is 0 Å². The Morgan fingerprint density at radius 3 is 2.05 bits per heavy atom. The van der Waals surface area contributed by atoms with E-state index in [-0.39, 0.29) is 0 Å². The molecule has 0 spiro atoms. The standard InChI is InChI=1S/C17H34N2/c1-16(2)12-8-15(9-13-16)18-14-17(19(3)4)10-6-5-7-11-17/h15,18H,5-14H2,1-4H3. The van der Waals surface area contributed by atoms with E-state index in [9.17, 15) is 0 Å². The minimum Gasteiger partial charge on any atom is -0.312 e. The first-order valence-corrected chi connectivity index (χ1v) is 8.34. The second-order valence-corrected chi connectivity index (χ2v) is 8.00. The lowest BCUT2D eigenvalue weighted by Gasteiger charge is -2.45. The lowest BCUT2D eigenvalue weighted by Crippen LogP contribution is -2.55. The average molecular weight is 266 g/mol. The van der Waals surface area contributed by atoms with Crippen LogP contribution < -0.4 is 5.32 Å². The Kier molecular flexibility index (Phi) is 4.94. The topological polar surface area (TPSA) is 15.3 Å². The summed E-state index contributed by atoms with van der Waals surface area (Å²) in [4.78, 5) is 2.49. The number of nitrogens with zero attached hydrogens (tertiary/aromatic N) is 1. The summed E-state index contributed by atoms with van der Waals surface area (Å²) in [6.07, 6.45) is 12.5. The molecular formula is C17H34N2. The molecule has 0 radical (unpaired) electrons. The van der Waals surface area contributed by atoms with Gasteiger partial charge in [0.1, 0.15) is 0 Å². The average Bonchev–Trinajstić information content (AvgIpc) is 2.38. The van der Waals surface area contributed by atoms with Crippen molar-refractivity contribution in [2.24, 2.45) is 5.41 Å². The highest BCUT2D eigenvalue weighted by Crippen LogP contribution is 2.36. The van der Waals surface area contributed by atoms with Crippen LogP contribution in [0.3, 0.4) is 0 Å². The third kappa shape index (κ3) is 3.95. The van der Waals surface area contributed by atoms with Gasteiger partial charge in [-0.2, -0.15) is 0 Å². The normalized spacial score (nSPS) is 27.6. The maximum atomic E-state index is 3.91. The maximum absolute atomic E-state index is 3.91. The molecule has 0 aromatic carbocycles. The fourth-order valence-corrected chi connectivity index (χ4v) is 3.93. The van der Waals surface area contributed by atoms with E-state index in [1.807, 2.05) is 0 Å². The van der Waals surface area contributed by atoms with Crippen LogP contribution in [-0.2, 0) is 0 Å². The summed E-state index contributed by atoms with van der Waals surface area (Å²) in [7, 11) is 4.55. The zero-order chi connectivity index (χ0) is 13.9. The van der Waals surface area contributed by atoms with Gasteiger partial charge in [0.05, 0.1) is 0 Å². The highest BCUT2D eigenvalue weighted by Gasteiger charge is 2.35. The molecule has 0 unspecified atom stereocenters. The van der Waals surface area contributed by atoms with Crippen LogP contribution in [0.4, 0.5) is 0 Å². The second kappa shape index (κ2) is 6.13. The fraction of sp³-hybridized carbons (Fsp3) is 1.00. The van der Waals surface area contributed by atoms with E-state index < -0.39 is 0 Å². The van der Waals surface area contributed by atoms with E-state index in [4.69, 9.17) is 0 Å². The van der Waals surface area contributed by atoms with Crippen LogP contribution in [0.2, 0.25) is 0 Å². The molecule has 0 bridgehead atoms. The Morgan fingerprint density at radius 2 is 1.53 bits per heavy atom. The third-order valence-electron chi connectivity index (χ3n) is 5.79. The zero-order valence-electron chi connectivity index (χ0n) is 13.6. The van der Waals surface area contributed by atoms with E-state index in [1.54, 1.807) is 0 Å². The SMILES string of the molecule is CN(C)C1(CNC2CCC(C)(C)CC2)CCCCC1. The van der Waals surface area contributed by atoms with Gasteiger partial charge in [-0.25, -0.2) is 0 Å². The first-order chi connectivity index (χ1) is 8.94. The van der Waals surface area contributed by atoms with E-state index in [2.05, 4.69) is 38.2 Å². The van der Waals surface area contributed by atoms with Gasteiger partial charge in [0.15, 0.2) is 0 Å². The van der Waals surface area contributed by atoms with Crippen LogP contribution in [0.1, 0.15) is 71.6 Å². The first kappa shape index (κ1) is 15.3. The van der Waals surface area contributed by atoms with Gasteiger partial charge in [0.25, 0.3) is 0 Å². The number of nitrogens with one attached hydrogen (secondary N) is 1. The number of hydrogen-bond donors (Lipinski definition) is 1. The molecule has 0 aromatic rings. The third-order valence-corrected chi connectivity index (χ3v) is 5.79. The van der Waals surface area contributed by atoms with Crippen molar-refractivity contribution in [1.82, 2.24) is 10.2 Å². The molecule has 1 N–H and O–H groups in total. The van der Waals surface area contributed by atoms with Gasteiger partial charge in [-0.3, -0.25) is 0 Å². The summed E-state index contributed by atoms with van der Waals surface area (Å²) in [5.74, 6) is 0. The summed E-state index contributed by atoms with van der Waals surface area (Å²) in [5.41, 5.74) is 1.02. The quantitative estimate of drug-likeness (QED) is 0.832. The van der Waals surface area contributed by atoms with Crippen molar-refractivity contribution in [3.8, 4) is 0 Å². The van der Waals surface area contributed by atoms with E-state index in [0.717, 1.165) is 6.04 Å². The molecule has 2 aliphatic carbocycles. The molecule has 112 valence electrons. The van der Waals surface area contributed by atoms with Crippen molar-refractivity contribution in [2.45, 2.75) is 83.2 Å². The van der Waals surface area contributed by atoms with Crippen LogP contribution in [0.15, 0.2) is 0 Å². The molecule has 0 heterocycles. The minimum atomic E-state index is 0.436. The van der Waals surface area contributed by atoms with Gasteiger partial charge in [0.2, 0.25) is 0 Å². The minimum absolute atomic E-state index is 0.436. The molecule has 2 nitrogen and oxygen atoms in total. The van der Waals surface area contributed by atoms with E-state index >= 15 is 0 Å². The zero-order valence-corrected chi connectivity index (χ0v) is 13.6. The van der Waals surface area contributed by atoms with Crippen molar-refractivity contribution in [3.63, 3.8) is 0 Å². The van der Waals surface area contributed by atoms with Gasteiger partial charge in [-0.05, 0) is 58.0 Å². The van der Waals surface area contributed by atoms with Crippen LogP contribution in [0, 0.1) is 5.41 Å². The molecular weight excluding hydrogens is 232 g/mol. The molecule has 2 fully saturated rings. The number of likely N-dealkylation sites (N-methyl/N-ethyl adjacent to an activating group) is 1. The Bertz CT molecular complexity index is 267. The summed E-state index contributed by atoms with van der Waals surface area (Å²) in [6, 6.07) is 0.770. The van der Waals surface area contributed by atoms with Crippen molar-refractivity contribution < 1.29 is 0 Å². The van der Waals surface area contributed by atoms with Crippen molar-refractivity contribution >= 4 is 0 Å². The summed E-state index contributed by atoms with van der Waals surface area (Å²) < 4.78 is 0. The molecule has 2 aliphatic rings. The predicted octanol–water partition coefficient (Wildman–Crippen LogP) is 3.81. The number of hydrogen-bond acceptors (Lipinski definition) is 2. The van der Waals surface area contributed by atoms with Gasteiger partial charge < -0.3 is 10.2 Å².